The third kappa shape index (κ3) is 8.97. The summed E-state index contributed by atoms with van der Waals surface area (Å²) < 4.78 is 16.6. The van der Waals surface area contributed by atoms with Gasteiger partial charge in [0.05, 0.1) is 6.61 Å². The zero-order valence-electron chi connectivity index (χ0n) is 23.0. The van der Waals surface area contributed by atoms with E-state index >= 15 is 0 Å². The van der Waals surface area contributed by atoms with Crippen LogP contribution in [0.1, 0.15) is 44.4 Å². The van der Waals surface area contributed by atoms with E-state index in [4.69, 9.17) is 19.3 Å². The summed E-state index contributed by atoms with van der Waals surface area (Å²) in [7, 11) is 0. The average molecular weight is 529 g/mol. The SMILES string of the molecule is CCOC(=O)C(Cc1ccc(OC/C=C(/C)c2ccc(-c3cccc(/C(C)=C\C(=O)O)c3)cc2)cc1)OCC. The topological polar surface area (TPSA) is 82.1 Å². The largest absolute Gasteiger partial charge is 0.490 e. The zero-order chi connectivity index (χ0) is 28.2. The Morgan fingerprint density at radius 1 is 0.846 bits per heavy atom. The van der Waals surface area contributed by atoms with Crippen molar-refractivity contribution in [1.29, 1.82) is 0 Å². The van der Waals surface area contributed by atoms with E-state index in [0.29, 0.717) is 31.8 Å². The Morgan fingerprint density at radius 2 is 1.56 bits per heavy atom. The molecule has 1 atom stereocenters. The van der Waals surface area contributed by atoms with E-state index in [0.717, 1.165) is 39.1 Å². The Morgan fingerprint density at radius 3 is 2.21 bits per heavy atom. The van der Waals surface area contributed by atoms with Crippen molar-refractivity contribution in [3.8, 4) is 16.9 Å². The molecule has 0 spiro atoms. The van der Waals surface area contributed by atoms with Gasteiger partial charge in [0, 0.05) is 19.1 Å². The fraction of sp³-hybridized carbons (Fsp3) is 0.273. The Hall–Kier alpha value is -4.16. The minimum Gasteiger partial charge on any atom is -0.490 e. The summed E-state index contributed by atoms with van der Waals surface area (Å²) in [5, 5.41) is 9.02. The molecule has 6 nitrogen and oxygen atoms in total. The third-order valence-electron chi connectivity index (χ3n) is 6.23. The van der Waals surface area contributed by atoms with Gasteiger partial charge in [-0.2, -0.15) is 0 Å². The second-order valence-electron chi connectivity index (χ2n) is 9.07. The number of benzene rings is 3. The number of rotatable bonds is 13. The van der Waals surface area contributed by atoms with E-state index in [1.165, 1.54) is 6.08 Å². The Bertz CT molecular complexity index is 1300. The molecule has 3 rings (SSSR count). The second kappa shape index (κ2) is 14.7. The monoisotopic (exact) mass is 528 g/mol. The smallest absolute Gasteiger partial charge is 0.335 e. The van der Waals surface area contributed by atoms with Crippen LogP contribution in [0, 0.1) is 0 Å². The highest BCUT2D eigenvalue weighted by Crippen LogP contribution is 2.26. The number of ether oxygens (including phenoxy) is 3. The van der Waals surface area contributed by atoms with Gasteiger partial charge in [-0.15, -0.1) is 0 Å². The molecule has 0 aromatic heterocycles. The number of carbonyl (C=O) groups is 2. The fourth-order valence-electron chi connectivity index (χ4n) is 4.10. The minimum atomic E-state index is -0.952. The molecule has 39 heavy (non-hydrogen) atoms. The maximum absolute atomic E-state index is 12.1. The first-order chi connectivity index (χ1) is 18.8. The molecular formula is C33H36O6. The number of carboxylic acids is 1. The van der Waals surface area contributed by atoms with Gasteiger partial charge in [-0.25, -0.2) is 9.59 Å². The van der Waals surface area contributed by atoms with Crippen LogP contribution < -0.4 is 4.74 Å². The van der Waals surface area contributed by atoms with E-state index in [-0.39, 0.29) is 5.97 Å². The van der Waals surface area contributed by atoms with Crippen molar-refractivity contribution in [2.45, 2.75) is 40.2 Å². The van der Waals surface area contributed by atoms with Gasteiger partial charge in [0.15, 0.2) is 6.10 Å². The molecule has 0 aliphatic rings. The number of esters is 1. The molecule has 0 heterocycles. The Kier molecular flexibility index (Phi) is 11.1. The minimum absolute atomic E-state index is 0.327. The summed E-state index contributed by atoms with van der Waals surface area (Å²) in [5.74, 6) is -0.550. The molecule has 1 unspecified atom stereocenters. The number of allylic oxidation sites excluding steroid dienone is 2. The molecule has 204 valence electrons. The van der Waals surface area contributed by atoms with Gasteiger partial charge in [0.1, 0.15) is 12.4 Å². The zero-order valence-corrected chi connectivity index (χ0v) is 23.0. The number of hydrogen-bond acceptors (Lipinski definition) is 5. The van der Waals surface area contributed by atoms with Gasteiger partial charge in [-0.05, 0) is 90.9 Å². The number of carboxylic acid groups (broad SMARTS) is 1. The van der Waals surface area contributed by atoms with Gasteiger partial charge >= 0.3 is 11.9 Å². The van der Waals surface area contributed by atoms with Crippen LogP contribution in [-0.2, 0) is 25.5 Å². The van der Waals surface area contributed by atoms with Crippen molar-refractivity contribution in [2.24, 2.45) is 0 Å². The van der Waals surface area contributed by atoms with Crippen molar-refractivity contribution in [3.05, 3.63) is 102 Å². The lowest BCUT2D eigenvalue weighted by molar-refractivity contribution is -0.156. The summed E-state index contributed by atoms with van der Waals surface area (Å²) in [6.45, 7) is 8.68. The van der Waals surface area contributed by atoms with Crippen LogP contribution in [0.25, 0.3) is 22.3 Å². The highest BCUT2D eigenvalue weighted by molar-refractivity contribution is 5.90. The maximum Gasteiger partial charge on any atom is 0.335 e. The Labute approximate surface area is 230 Å². The van der Waals surface area contributed by atoms with Crippen LogP contribution in [0.2, 0.25) is 0 Å². The normalized spacial score (nSPS) is 12.6. The molecule has 0 radical (unpaired) electrons. The molecular weight excluding hydrogens is 492 g/mol. The van der Waals surface area contributed by atoms with Crippen LogP contribution >= 0.6 is 0 Å². The van der Waals surface area contributed by atoms with Crippen molar-refractivity contribution in [2.75, 3.05) is 19.8 Å². The predicted molar refractivity (Wildman–Crippen MR) is 155 cm³/mol. The van der Waals surface area contributed by atoms with Crippen molar-refractivity contribution in [3.63, 3.8) is 0 Å². The van der Waals surface area contributed by atoms with E-state index in [2.05, 4.69) is 24.3 Å². The van der Waals surface area contributed by atoms with E-state index in [1.54, 1.807) is 13.8 Å². The van der Waals surface area contributed by atoms with Crippen molar-refractivity contribution >= 4 is 23.1 Å². The molecule has 1 N–H and O–H groups in total. The highest BCUT2D eigenvalue weighted by atomic mass is 16.6. The number of aliphatic carboxylic acids is 1. The first kappa shape index (κ1) is 29.4. The van der Waals surface area contributed by atoms with Gasteiger partial charge in [0.25, 0.3) is 0 Å². The summed E-state index contributed by atoms with van der Waals surface area (Å²) in [6.07, 6.45) is 3.09. The fourth-order valence-corrected chi connectivity index (χ4v) is 4.10. The summed E-state index contributed by atoms with van der Waals surface area (Å²) in [4.78, 5) is 23.1. The van der Waals surface area contributed by atoms with Crippen molar-refractivity contribution in [1.82, 2.24) is 0 Å². The highest BCUT2D eigenvalue weighted by Gasteiger charge is 2.20. The molecule has 0 aliphatic carbocycles. The van der Waals surface area contributed by atoms with Crippen LogP contribution in [0.15, 0.2) is 84.9 Å². The van der Waals surface area contributed by atoms with Crippen LogP contribution in [-0.4, -0.2) is 43.0 Å². The molecule has 0 saturated carbocycles. The van der Waals surface area contributed by atoms with Crippen LogP contribution in [0.5, 0.6) is 5.75 Å². The summed E-state index contributed by atoms with van der Waals surface area (Å²) >= 11 is 0. The number of carbonyl (C=O) groups excluding carboxylic acids is 1. The van der Waals surface area contributed by atoms with Gasteiger partial charge in [-0.3, -0.25) is 0 Å². The molecule has 3 aromatic rings. The Balaban J connectivity index is 1.58. The van der Waals surface area contributed by atoms with Gasteiger partial charge in [0.2, 0.25) is 0 Å². The van der Waals surface area contributed by atoms with E-state index in [1.807, 2.05) is 68.5 Å². The first-order valence-corrected chi connectivity index (χ1v) is 13.1. The molecule has 6 heteroatoms. The standard InChI is InChI=1S/C33H36O6/c1-5-37-31(33(36)38-6-2)21-25-10-16-30(17-11-25)39-19-18-23(3)26-12-14-27(15-13-26)29-9-7-8-28(22-29)24(4)20-32(34)35/h7-18,20,22,31H,5-6,19,21H2,1-4H3,(H,34,35)/b23-18-,24-20-. The van der Waals surface area contributed by atoms with Crippen molar-refractivity contribution < 1.29 is 28.9 Å². The molecule has 0 bridgehead atoms. The van der Waals surface area contributed by atoms with Gasteiger partial charge < -0.3 is 19.3 Å². The third-order valence-corrected chi connectivity index (χ3v) is 6.23. The predicted octanol–water partition coefficient (Wildman–Crippen LogP) is 6.83. The van der Waals surface area contributed by atoms with E-state index in [9.17, 15) is 9.59 Å². The summed E-state index contributed by atoms with van der Waals surface area (Å²) in [6, 6.07) is 23.8. The quantitative estimate of drug-likeness (QED) is 0.193. The first-order valence-electron chi connectivity index (χ1n) is 13.1. The van der Waals surface area contributed by atoms with Gasteiger partial charge in [-0.1, -0.05) is 54.6 Å². The molecule has 3 aromatic carbocycles. The number of hydrogen-bond donors (Lipinski definition) is 1. The maximum atomic E-state index is 12.1. The average Bonchev–Trinajstić information content (AvgIpc) is 2.93. The van der Waals surface area contributed by atoms with Crippen LogP contribution in [0.3, 0.4) is 0 Å². The van der Waals surface area contributed by atoms with Crippen LogP contribution in [0.4, 0.5) is 0 Å². The molecule has 0 fully saturated rings. The van der Waals surface area contributed by atoms with E-state index < -0.39 is 12.1 Å². The lowest BCUT2D eigenvalue weighted by Crippen LogP contribution is -2.28. The summed E-state index contributed by atoms with van der Waals surface area (Å²) in [5.41, 5.74) is 6.84. The second-order valence-corrected chi connectivity index (χ2v) is 9.07. The molecule has 0 saturated heterocycles. The molecule has 0 aliphatic heterocycles. The lowest BCUT2D eigenvalue weighted by atomic mass is 9.97. The lowest BCUT2D eigenvalue weighted by Gasteiger charge is -2.15. The molecule has 0 amide bonds.